The molecular formula is C40H32BNO7. The second kappa shape index (κ2) is 11.6. The van der Waals surface area contributed by atoms with Crippen molar-refractivity contribution in [1.82, 2.24) is 0 Å². The fourth-order valence-electron chi connectivity index (χ4n) is 9.03. The molecule has 4 aliphatic rings. The summed E-state index contributed by atoms with van der Waals surface area (Å²) in [6.45, 7) is 0. The van der Waals surface area contributed by atoms with Crippen LogP contribution in [0.25, 0.3) is 5.57 Å². The maximum absolute atomic E-state index is 15.0. The molecule has 1 heterocycles. The number of rotatable bonds is 5. The quantitative estimate of drug-likeness (QED) is 0.169. The standard InChI is InChI=1S/C40H32BNO7/c43-33-17-8-7-16-28(33)36-27-18-19-29-35(39(47)42(38(29)46)26-15-9-14-25(20-26)41(48)49)31(27)21-32-37(45)30(23-10-3-1-4-11-23)22-34(44)40(32,36)24-12-5-2-6-13-24/h1-18,20,22,29,31-32,35-36,43,48-49H,19,21H2. The fourth-order valence-corrected chi connectivity index (χ4v) is 9.03. The number of phenolic OH excluding ortho intramolecular Hbond substituents is 1. The van der Waals surface area contributed by atoms with Gasteiger partial charge in [-0.05, 0) is 59.6 Å². The maximum Gasteiger partial charge on any atom is 0.488 e. The lowest BCUT2D eigenvalue weighted by Gasteiger charge is -2.55. The summed E-state index contributed by atoms with van der Waals surface area (Å²) in [4.78, 5) is 59.6. The molecule has 4 aromatic rings. The SMILES string of the molecule is O=C1C(c2ccccc2)=CC(=O)C2(c3ccccc3)C1CC1C(=CCC3C(=O)N(c4cccc(B(O)O)c4)C(=O)C31)C2c1ccccc1O. The summed E-state index contributed by atoms with van der Waals surface area (Å²) >= 11 is 0. The molecule has 6 unspecified atom stereocenters. The van der Waals surface area contributed by atoms with E-state index < -0.39 is 53.9 Å². The van der Waals surface area contributed by atoms with E-state index in [-0.39, 0.29) is 41.3 Å². The van der Waals surface area contributed by atoms with E-state index in [2.05, 4.69) is 0 Å². The molecule has 0 radical (unpaired) electrons. The number of fused-ring (bicyclic) bond motifs is 4. The van der Waals surface area contributed by atoms with Crippen LogP contribution in [-0.2, 0) is 24.6 Å². The zero-order chi connectivity index (χ0) is 34.0. The zero-order valence-corrected chi connectivity index (χ0v) is 26.3. The molecule has 242 valence electrons. The van der Waals surface area contributed by atoms with Gasteiger partial charge in [-0.1, -0.05) is 103 Å². The van der Waals surface area contributed by atoms with E-state index in [0.29, 0.717) is 22.3 Å². The predicted molar refractivity (Wildman–Crippen MR) is 183 cm³/mol. The summed E-state index contributed by atoms with van der Waals surface area (Å²) in [6, 6.07) is 31.2. The first-order valence-electron chi connectivity index (χ1n) is 16.5. The highest BCUT2D eigenvalue weighted by atomic mass is 16.4. The number of aromatic hydroxyl groups is 1. The number of phenols is 1. The van der Waals surface area contributed by atoms with Gasteiger partial charge in [0.05, 0.1) is 22.9 Å². The Morgan fingerprint density at radius 2 is 1.45 bits per heavy atom. The third-order valence-electron chi connectivity index (χ3n) is 11.0. The minimum absolute atomic E-state index is 0.0295. The molecule has 1 saturated carbocycles. The molecule has 2 amide bonds. The molecule has 1 saturated heterocycles. The molecule has 2 fully saturated rings. The van der Waals surface area contributed by atoms with Gasteiger partial charge in [0.2, 0.25) is 11.8 Å². The number of para-hydroxylation sites is 1. The molecule has 1 aliphatic heterocycles. The van der Waals surface area contributed by atoms with E-state index in [4.69, 9.17) is 0 Å². The number of carbonyl (C=O) groups is 4. The average Bonchev–Trinajstić information content (AvgIpc) is 3.39. The number of nitrogens with zero attached hydrogens (tertiary/aromatic N) is 1. The Balaban J connectivity index is 1.34. The minimum atomic E-state index is -1.78. The Bertz CT molecular complexity index is 2090. The second-order valence-corrected chi connectivity index (χ2v) is 13.3. The van der Waals surface area contributed by atoms with Crippen LogP contribution in [0, 0.1) is 23.7 Å². The lowest BCUT2D eigenvalue weighted by molar-refractivity contribution is -0.135. The molecule has 49 heavy (non-hydrogen) atoms. The van der Waals surface area contributed by atoms with Crippen molar-refractivity contribution < 1.29 is 34.3 Å². The number of ketones is 2. The van der Waals surface area contributed by atoms with Gasteiger partial charge < -0.3 is 15.2 Å². The Hall–Kier alpha value is -5.38. The maximum atomic E-state index is 15.0. The summed E-state index contributed by atoms with van der Waals surface area (Å²) in [5.74, 6) is -5.21. The Morgan fingerprint density at radius 1 is 0.755 bits per heavy atom. The largest absolute Gasteiger partial charge is 0.508 e. The van der Waals surface area contributed by atoms with Crippen molar-refractivity contribution in [2.75, 3.05) is 4.90 Å². The normalized spacial score (nSPS) is 27.6. The van der Waals surface area contributed by atoms with Crippen LogP contribution in [0.3, 0.4) is 0 Å². The summed E-state index contributed by atoms with van der Waals surface area (Å²) < 4.78 is 0. The first-order valence-corrected chi connectivity index (χ1v) is 16.5. The van der Waals surface area contributed by atoms with Crippen molar-refractivity contribution in [1.29, 1.82) is 0 Å². The Kier molecular flexibility index (Phi) is 7.35. The number of carbonyl (C=O) groups excluding carboxylic acids is 4. The first-order chi connectivity index (χ1) is 23.7. The van der Waals surface area contributed by atoms with Crippen molar-refractivity contribution >= 4 is 47.2 Å². The van der Waals surface area contributed by atoms with Crippen LogP contribution in [0.4, 0.5) is 5.69 Å². The van der Waals surface area contributed by atoms with Gasteiger partial charge >= 0.3 is 7.12 Å². The smallest absolute Gasteiger partial charge is 0.488 e. The second-order valence-electron chi connectivity index (χ2n) is 13.3. The van der Waals surface area contributed by atoms with Crippen molar-refractivity contribution in [2.45, 2.75) is 24.2 Å². The third-order valence-corrected chi connectivity index (χ3v) is 11.0. The van der Waals surface area contributed by atoms with Crippen LogP contribution in [0.5, 0.6) is 5.75 Å². The van der Waals surface area contributed by atoms with Crippen molar-refractivity contribution in [2.24, 2.45) is 23.7 Å². The Labute approximate surface area is 283 Å². The molecule has 8 rings (SSSR count). The van der Waals surface area contributed by atoms with Gasteiger partial charge in [-0.25, -0.2) is 0 Å². The van der Waals surface area contributed by atoms with Crippen LogP contribution in [-0.4, -0.2) is 45.7 Å². The molecule has 6 atom stereocenters. The summed E-state index contributed by atoms with van der Waals surface area (Å²) in [5, 5.41) is 31.0. The van der Waals surface area contributed by atoms with Gasteiger partial charge in [0.1, 0.15) is 5.75 Å². The molecule has 9 heteroatoms. The van der Waals surface area contributed by atoms with Crippen molar-refractivity contribution in [3.8, 4) is 5.75 Å². The van der Waals surface area contributed by atoms with Crippen molar-refractivity contribution in [3.63, 3.8) is 0 Å². The number of allylic oxidation sites excluding steroid dienone is 4. The van der Waals surface area contributed by atoms with Gasteiger partial charge in [-0.2, -0.15) is 0 Å². The van der Waals surface area contributed by atoms with Crippen LogP contribution in [0.15, 0.2) is 127 Å². The highest BCUT2D eigenvalue weighted by molar-refractivity contribution is 6.58. The lowest BCUT2D eigenvalue weighted by Crippen LogP contribution is -2.58. The molecule has 8 nitrogen and oxygen atoms in total. The average molecular weight is 650 g/mol. The van der Waals surface area contributed by atoms with Gasteiger partial charge in [0.15, 0.2) is 11.6 Å². The summed E-state index contributed by atoms with van der Waals surface area (Å²) in [6.07, 6.45) is 3.77. The highest BCUT2D eigenvalue weighted by Crippen LogP contribution is 2.64. The first kappa shape index (κ1) is 30.9. The highest BCUT2D eigenvalue weighted by Gasteiger charge is 2.66. The van der Waals surface area contributed by atoms with Gasteiger partial charge in [-0.3, -0.25) is 24.1 Å². The third kappa shape index (κ3) is 4.53. The number of hydrogen-bond donors (Lipinski definition) is 3. The number of Topliss-reactive ketones (excluding diaryl/α,β-unsaturated/α-hetero) is 1. The predicted octanol–water partition coefficient (Wildman–Crippen LogP) is 4.10. The number of hydrogen-bond acceptors (Lipinski definition) is 7. The molecule has 0 spiro atoms. The number of amides is 2. The van der Waals surface area contributed by atoms with Gasteiger partial charge in [0, 0.05) is 23.0 Å². The van der Waals surface area contributed by atoms with Crippen LogP contribution >= 0.6 is 0 Å². The monoisotopic (exact) mass is 649 g/mol. The van der Waals surface area contributed by atoms with E-state index >= 15 is 4.79 Å². The topological polar surface area (TPSA) is 132 Å². The van der Waals surface area contributed by atoms with E-state index in [9.17, 15) is 29.5 Å². The van der Waals surface area contributed by atoms with E-state index in [1.54, 1.807) is 48.5 Å². The Morgan fingerprint density at radius 3 is 2.16 bits per heavy atom. The summed E-state index contributed by atoms with van der Waals surface area (Å²) in [5.41, 5.74) is 1.74. The van der Waals surface area contributed by atoms with E-state index in [1.165, 1.54) is 18.2 Å². The van der Waals surface area contributed by atoms with E-state index in [0.717, 1.165) is 10.5 Å². The number of imide groups is 1. The van der Waals surface area contributed by atoms with Gasteiger partial charge in [-0.15, -0.1) is 0 Å². The number of anilines is 1. The lowest BCUT2D eigenvalue weighted by atomic mass is 9.44. The van der Waals surface area contributed by atoms with E-state index in [1.807, 2.05) is 54.6 Å². The van der Waals surface area contributed by atoms with Crippen LogP contribution < -0.4 is 10.4 Å². The molecule has 0 aromatic heterocycles. The molecular weight excluding hydrogens is 617 g/mol. The van der Waals surface area contributed by atoms with Gasteiger partial charge in [0.25, 0.3) is 0 Å². The molecule has 3 N–H and O–H groups in total. The van der Waals surface area contributed by atoms with Crippen molar-refractivity contribution in [3.05, 3.63) is 144 Å². The zero-order valence-electron chi connectivity index (χ0n) is 26.3. The molecule has 4 aromatic carbocycles. The van der Waals surface area contributed by atoms with Crippen LogP contribution in [0.2, 0.25) is 0 Å². The number of benzene rings is 4. The van der Waals surface area contributed by atoms with Crippen LogP contribution in [0.1, 0.15) is 35.4 Å². The molecule has 0 bridgehead atoms. The summed E-state index contributed by atoms with van der Waals surface area (Å²) in [7, 11) is -1.78. The molecule has 3 aliphatic carbocycles. The minimum Gasteiger partial charge on any atom is -0.508 e. The fraction of sp³-hybridized carbons (Fsp3) is 0.200.